The summed E-state index contributed by atoms with van der Waals surface area (Å²) < 4.78 is 67.6. The van der Waals surface area contributed by atoms with Gasteiger partial charge in [-0.05, 0) is 54.7 Å². The van der Waals surface area contributed by atoms with E-state index in [4.69, 9.17) is 9.47 Å². The maximum Gasteiger partial charge on any atom is 0.416 e. The highest BCUT2D eigenvalue weighted by atomic mass is 19.4. The molecule has 1 spiro atoms. The van der Waals surface area contributed by atoms with Crippen LogP contribution in [0, 0.1) is 11.7 Å². The predicted molar refractivity (Wildman–Crippen MR) is 116 cm³/mol. The number of methoxy groups -OCH3 is 1. The summed E-state index contributed by atoms with van der Waals surface area (Å²) in [6.45, 7) is 0.215. The molecule has 1 saturated heterocycles. The molecule has 9 heteroatoms. The molecule has 1 saturated carbocycles. The summed E-state index contributed by atoms with van der Waals surface area (Å²) >= 11 is 0. The smallest absolute Gasteiger partial charge is 0.416 e. The van der Waals surface area contributed by atoms with E-state index in [0.717, 1.165) is 11.6 Å². The van der Waals surface area contributed by atoms with Crippen molar-refractivity contribution in [3.05, 3.63) is 65.2 Å². The highest BCUT2D eigenvalue weighted by Crippen LogP contribution is 2.57. The fraction of sp³-hybridized carbons (Fsp3) is 0.440. The molecular weight excluding hydrogens is 452 g/mol. The van der Waals surface area contributed by atoms with Crippen molar-refractivity contribution in [2.75, 3.05) is 13.7 Å². The van der Waals surface area contributed by atoms with Crippen molar-refractivity contribution in [2.24, 2.45) is 13.0 Å². The number of carbonyl (C=O) groups excluding carboxylic acids is 1. The van der Waals surface area contributed by atoms with Crippen molar-refractivity contribution < 1.29 is 31.8 Å². The fourth-order valence-electron chi connectivity index (χ4n) is 5.90. The molecule has 0 radical (unpaired) electrons. The Balaban J connectivity index is 1.57. The molecule has 0 amide bonds. The molecule has 2 fully saturated rings. The molecule has 4 atom stereocenters. The molecule has 0 bridgehead atoms. The Bertz CT molecular complexity index is 1240. The topological polar surface area (TPSA) is 53.3 Å². The number of benzene rings is 2. The molecule has 1 aliphatic heterocycles. The standard InChI is InChI=1S/C25H24F4N2O3/c1-31-13-30-20-10-16(25(27,28)29)9-19(22(20)31)15-11-24(34-12-15)8-7-18(23(32)33-2)21(24)14-3-5-17(26)6-4-14/h3-6,9-10,13,15,18,21H,7-8,11-12H2,1-2H3. The number of halogens is 4. The molecule has 34 heavy (non-hydrogen) atoms. The molecule has 0 N–H and O–H groups in total. The van der Waals surface area contributed by atoms with E-state index in [0.29, 0.717) is 30.3 Å². The molecule has 3 aromatic rings. The lowest BCUT2D eigenvalue weighted by Gasteiger charge is -2.33. The summed E-state index contributed by atoms with van der Waals surface area (Å²) in [7, 11) is 3.08. The number of imidazole rings is 1. The number of aryl methyl sites for hydroxylation is 1. The van der Waals surface area contributed by atoms with Gasteiger partial charge in [0.2, 0.25) is 0 Å². The molecular formula is C25H24F4N2O3. The van der Waals surface area contributed by atoms with Gasteiger partial charge in [-0.15, -0.1) is 0 Å². The van der Waals surface area contributed by atoms with Crippen molar-refractivity contribution in [1.82, 2.24) is 9.55 Å². The average Bonchev–Trinajstić information content (AvgIpc) is 3.51. The second-order valence-corrected chi connectivity index (χ2v) is 9.26. The van der Waals surface area contributed by atoms with Crippen molar-refractivity contribution >= 4 is 17.0 Å². The van der Waals surface area contributed by atoms with Crippen molar-refractivity contribution in [3.63, 3.8) is 0 Å². The Labute approximate surface area is 193 Å². The molecule has 2 aliphatic rings. The van der Waals surface area contributed by atoms with Gasteiger partial charge in [-0.25, -0.2) is 9.37 Å². The molecule has 4 unspecified atom stereocenters. The Morgan fingerprint density at radius 3 is 2.65 bits per heavy atom. The number of hydrogen-bond acceptors (Lipinski definition) is 4. The number of ether oxygens (including phenoxy) is 2. The van der Waals surface area contributed by atoms with E-state index in [1.165, 1.54) is 31.6 Å². The highest BCUT2D eigenvalue weighted by molar-refractivity contribution is 5.81. The van der Waals surface area contributed by atoms with Gasteiger partial charge in [0.1, 0.15) is 5.82 Å². The summed E-state index contributed by atoms with van der Waals surface area (Å²) in [5.41, 5.74) is 0.691. The molecule has 5 nitrogen and oxygen atoms in total. The molecule has 5 rings (SSSR count). The number of fused-ring (bicyclic) bond motifs is 1. The van der Waals surface area contributed by atoms with E-state index >= 15 is 0 Å². The average molecular weight is 476 g/mol. The third kappa shape index (κ3) is 3.66. The van der Waals surface area contributed by atoms with Gasteiger partial charge in [0, 0.05) is 18.9 Å². The minimum Gasteiger partial charge on any atom is -0.469 e. The number of esters is 1. The van der Waals surface area contributed by atoms with Crippen LogP contribution in [0.15, 0.2) is 42.7 Å². The number of nitrogens with zero attached hydrogens (tertiary/aromatic N) is 2. The van der Waals surface area contributed by atoms with E-state index < -0.39 is 35.0 Å². The summed E-state index contributed by atoms with van der Waals surface area (Å²) in [5.74, 6) is -1.95. The third-order valence-corrected chi connectivity index (χ3v) is 7.35. The maximum atomic E-state index is 13.6. The SMILES string of the molecule is COC(=O)C1CCC2(CC(c3cc(C(F)(F)F)cc4ncn(C)c34)CO2)C1c1ccc(F)cc1. The maximum absolute atomic E-state index is 13.6. The van der Waals surface area contributed by atoms with Gasteiger partial charge >= 0.3 is 12.1 Å². The van der Waals surface area contributed by atoms with Crippen LogP contribution in [0.1, 0.15) is 47.8 Å². The summed E-state index contributed by atoms with van der Waals surface area (Å²) in [5, 5.41) is 0. The number of alkyl halides is 3. The van der Waals surface area contributed by atoms with E-state index in [1.54, 1.807) is 23.7 Å². The van der Waals surface area contributed by atoms with Gasteiger partial charge in [-0.3, -0.25) is 4.79 Å². The minimum atomic E-state index is -4.50. The fourth-order valence-corrected chi connectivity index (χ4v) is 5.90. The zero-order valence-corrected chi connectivity index (χ0v) is 18.7. The second kappa shape index (κ2) is 8.08. The van der Waals surface area contributed by atoms with Crippen molar-refractivity contribution in [3.8, 4) is 0 Å². The lowest BCUT2D eigenvalue weighted by molar-refractivity contribution is -0.147. The lowest BCUT2D eigenvalue weighted by Crippen LogP contribution is -2.35. The first-order chi connectivity index (χ1) is 16.1. The molecule has 180 valence electrons. The van der Waals surface area contributed by atoms with Crippen LogP contribution in [0.3, 0.4) is 0 Å². The van der Waals surface area contributed by atoms with Gasteiger partial charge < -0.3 is 14.0 Å². The molecule has 1 aliphatic carbocycles. The predicted octanol–water partition coefficient (Wildman–Crippen LogP) is 5.34. The quantitative estimate of drug-likeness (QED) is 0.378. The van der Waals surface area contributed by atoms with Crippen LogP contribution in [0.2, 0.25) is 0 Å². The van der Waals surface area contributed by atoms with Crippen LogP contribution in [-0.4, -0.2) is 34.8 Å². The second-order valence-electron chi connectivity index (χ2n) is 9.26. The highest BCUT2D eigenvalue weighted by Gasteiger charge is 2.56. The monoisotopic (exact) mass is 476 g/mol. The van der Waals surface area contributed by atoms with Gasteiger partial charge in [-0.2, -0.15) is 13.2 Å². The number of hydrogen-bond donors (Lipinski definition) is 0. The first kappa shape index (κ1) is 22.8. The number of rotatable bonds is 3. The van der Waals surface area contributed by atoms with Crippen molar-refractivity contribution in [1.29, 1.82) is 0 Å². The third-order valence-electron chi connectivity index (χ3n) is 7.35. The Kier molecular flexibility index (Phi) is 5.42. The van der Waals surface area contributed by atoms with Crippen LogP contribution < -0.4 is 0 Å². The number of aromatic nitrogens is 2. The first-order valence-electron chi connectivity index (χ1n) is 11.1. The number of carbonyl (C=O) groups is 1. The van der Waals surface area contributed by atoms with E-state index in [2.05, 4.69) is 4.98 Å². The van der Waals surface area contributed by atoms with Crippen LogP contribution >= 0.6 is 0 Å². The zero-order chi connectivity index (χ0) is 24.3. The summed E-state index contributed by atoms with van der Waals surface area (Å²) in [6, 6.07) is 8.22. The largest absolute Gasteiger partial charge is 0.469 e. The van der Waals surface area contributed by atoms with Gasteiger partial charge in [0.05, 0.1) is 48.2 Å². The first-order valence-corrected chi connectivity index (χ1v) is 11.1. The minimum absolute atomic E-state index is 0.215. The molecule has 2 heterocycles. The van der Waals surface area contributed by atoms with Crippen LogP contribution in [-0.2, 0) is 27.5 Å². The van der Waals surface area contributed by atoms with E-state index in [-0.39, 0.29) is 24.0 Å². The van der Waals surface area contributed by atoms with E-state index in [1.807, 2.05) is 0 Å². The Morgan fingerprint density at radius 2 is 1.97 bits per heavy atom. The Hall–Kier alpha value is -2.94. The summed E-state index contributed by atoms with van der Waals surface area (Å²) in [6.07, 6.45) is -1.49. The normalized spacial score (nSPS) is 27.1. The van der Waals surface area contributed by atoms with E-state index in [9.17, 15) is 22.4 Å². The Morgan fingerprint density at radius 1 is 1.24 bits per heavy atom. The molecule has 2 aromatic carbocycles. The van der Waals surface area contributed by atoms with Crippen molar-refractivity contribution in [2.45, 2.75) is 42.9 Å². The van der Waals surface area contributed by atoms with Gasteiger partial charge in [0.25, 0.3) is 0 Å². The van der Waals surface area contributed by atoms with Gasteiger partial charge in [0.15, 0.2) is 0 Å². The van der Waals surface area contributed by atoms with Crippen LogP contribution in [0.5, 0.6) is 0 Å². The van der Waals surface area contributed by atoms with Crippen LogP contribution in [0.25, 0.3) is 11.0 Å². The van der Waals surface area contributed by atoms with Crippen LogP contribution in [0.4, 0.5) is 17.6 Å². The lowest BCUT2D eigenvalue weighted by atomic mass is 9.76. The van der Waals surface area contributed by atoms with Gasteiger partial charge in [-0.1, -0.05) is 12.1 Å². The zero-order valence-electron chi connectivity index (χ0n) is 18.7. The summed E-state index contributed by atoms with van der Waals surface area (Å²) in [4.78, 5) is 16.8. The molecule has 1 aromatic heterocycles.